The van der Waals surface area contributed by atoms with E-state index in [2.05, 4.69) is 14.5 Å². The van der Waals surface area contributed by atoms with E-state index in [-0.39, 0.29) is 17.8 Å². The van der Waals surface area contributed by atoms with Crippen molar-refractivity contribution in [3.8, 4) is 0 Å². The van der Waals surface area contributed by atoms with Gasteiger partial charge in [-0.05, 0) is 38.0 Å². The highest BCUT2D eigenvalue weighted by atomic mass is 19.1. The van der Waals surface area contributed by atoms with Gasteiger partial charge in [-0.1, -0.05) is 6.07 Å². The molecule has 0 unspecified atom stereocenters. The van der Waals surface area contributed by atoms with Gasteiger partial charge in [0.25, 0.3) is 5.91 Å². The van der Waals surface area contributed by atoms with Crippen molar-refractivity contribution >= 4 is 16.8 Å². The maximum absolute atomic E-state index is 13.8. The summed E-state index contributed by atoms with van der Waals surface area (Å²) >= 11 is 0. The number of aromatic nitrogens is 3. The number of H-pyrrole nitrogens is 1. The highest BCUT2D eigenvalue weighted by Crippen LogP contribution is 2.25. The minimum absolute atomic E-state index is 0.0759. The van der Waals surface area contributed by atoms with Crippen molar-refractivity contribution in [3.63, 3.8) is 0 Å². The van der Waals surface area contributed by atoms with Crippen LogP contribution >= 0.6 is 0 Å². The standard InChI is InChI=1S/C18H19FN4O/c1-12-20-7-9-23(12)13-4-3-8-22(11-13)18(24)17-10-14-15(19)5-2-6-16(14)21-17/h2,5-7,9-10,13,21H,3-4,8,11H2,1H3/t13-/m0/s1. The van der Waals surface area contributed by atoms with Gasteiger partial charge in [0, 0.05) is 36.4 Å². The molecule has 5 nitrogen and oxygen atoms in total. The minimum atomic E-state index is -0.312. The summed E-state index contributed by atoms with van der Waals surface area (Å²) in [5.41, 5.74) is 1.09. The lowest BCUT2D eigenvalue weighted by atomic mass is 10.0. The molecule has 3 aromatic rings. The molecule has 1 N–H and O–H groups in total. The molecule has 1 amide bonds. The average Bonchev–Trinajstić information content (AvgIpc) is 3.21. The predicted octanol–water partition coefficient (Wildman–Crippen LogP) is 3.29. The van der Waals surface area contributed by atoms with Gasteiger partial charge >= 0.3 is 0 Å². The zero-order valence-electron chi connectivity index (χ0n) is 13.5. The molecule has 1 aliphatic heterocycles. The number of imidazole rings is 1. The maximum atomic E-state index is 13.8. The van der Waals surface area contributed by atoms with E-state index in [4.69, 9.17) is 0 Å². The summed E-state index contributed by atoms with van der Waals surface area (Å²) in [4.78, 5) is 22.0. The van der Waals surface area contributed by atoms with Gasteiger partial charge in [-0.15, -0.1) is 0 Å². The number of aromatic amines is 1. The van der Waals surface area contributed by atoms with Gasteiger partial charge in [0.15, 0.2) is 0 Å². The Morgan fingerprint density at radius 3 is 3.04 bits per heavy atom. The third-order valence-electron chi connectivity index (χ3n) is 4.78. The fourth-order valence-electron chi connectivity index (χ4n) is 3.54. The molecule has 0 saturated carbocycles. The summed E-state index contributed by atoms with van der Waals surface area (Å²) < 4.78 is 16.0. The summed E-state index contributed by atoms with van der Waals surface area (Å²) in [5, 5.41) is 0.458. The summed E-state index contributed by atoms with van der Waals surface area (Å²) in [6.07, 6.45) is 5.73. The zero-order valence-corrected chi connectivity index (χ0v) is 13.5. The van der Waals surface area contributed by atoms with Crippen molar-refractivity contribution in [2.75, 3.05) is 13.1 Å². The number of piperidine rings is 1. The summed E-state index contributed by atoms with van der Waals surface area (Å²) in [5.74, 6) is 0.573. The molecule has 2 aromatic heterocycles. The van der Waals surface area contributed by atoms with Crippen LogP contribution in [0.15, 0.2) is 36.7 Å². The molecule has 0 spiro atoms. The first-order chi connectivity index (χ1) is 11.6. The lowest BCUT2D eigenvalue weighted by Crippen LogP contribution is -2.41. The number of fused-ring (bicyclic) bond motifs is 1. The zero-order chi connectivity index (χ0) is 16.7. The van der Waals surface area contributed by atoms with E-state index in [0.717, 1.165) is 25.2 Å². The highest BCUT2D eigenvalue weighted by Gasteiger charge is 2.27. The number of benzene rings is 1. The van der Waals surface area contributed by atoms with Gasteiger partial charge < -0.3 is 14.5 Å². The van der Waals surface area contributed by atoms with Crippen molar-refractivity contribution in [1.29, 1.82) is 0 Å². The van der Waals surface area contributed by atoms with Gasteiger partial charge in [-0.2, -0.15) is 0 Å². The number of halogens is 1. The minimum Gasteiger partial charge on any atom is -0.350 e. The Kier molecular flexibility index (Phi) is 3.59. The smallest absolute Gasteiger partial charge is 0.270 e. The molecule has 24 heavy (non-hydrogen) atoms. The number of carbonyl (C=O) groups excluding carboxylic acids is 1. The lowest BCUT2D eigenvalue weighted by Gasteiger charge is -2.33. The van der Waals surface area contributed by atoms with E-state index < -0.39 is 0 Å². The van der Waals surface area contributed by atoms with Crippen LogP contribution in [-0.2, 0) is 0 Å². The molecule has 124 valence electrons. The van der Waals surface area contributed by atoms with Crippen LogP contribution in [0.5, 0.6) is 0 Å². The molecule has 1 atom stereocenters. The first-order valence-electron chi connectivity index (χ1n) is 8.19. The third-order valence-corrected chi connectivity index (χ3v) is 4.78. The number of amides is 1. The molecule has 4 rings (SSSR count). The van der Waals surface area contributed by atoms with Gasteiger partial charge in [0.1, 0.15) is 17.3 Å². The van der Waals surface area contributed by atoms with Crippen molar-refractivity contribution in [2.45, 2.75) is 25.8 Å². The molecule has 1 aromatic carbocycles. The van der Waals surface area contributed by atoms with Crippen LogP contribution < -0.4 is 0 Å². The molecule has 0 bridgehead atoms. The third kappa shape index (κ3) is 2.48. The number of nitrogens with zero attached hydrogens (tertiary/aromatic N) is 3. The highest BCUT2D eigenvalue weighted by molar-refractivity contribution is 5.98. The average molecular weight is 326 g/mol. The Morgan fingerprint density at radius 1 is 1.42 bits per heavy atom. The second-order valence-electron chi connectivity index (χ2n) is 6.31. The van der Waals surface area contributed by atoms with E-state index >= 15 is 0 Å². The quantitative estimate of drug-likeness (QED) is 0.786. The molecule has 3 heterocycles. The van der Waals surface area contributed by atoms with Crippen LogP contribution in [0, 0.1) is 12.7 Å². The monoisotopic (exact) mass is 326 g/mol. The topological polar surface area (TPSA) is 53.9 Å². The van der Waals surface area contributed by atoms with Crippen LogP contribution in [0.4, 0.5) is 4.39 Å². The normalized spacial score (nSPS) is 18.2. The Balaban J connectivity index is 1.59. The number of likely N-dealkylation sites (tertiary alicyclic amines) is 1. The second-order valence-corrected chi connectivity index (χ2v) is 6.31. The second kappa shape index (κ2) is 5.78. The van der Waals surface area contributed by atoms with Crippen LogP contribution in [0.25, 0.3) is 10.9 Å². The molecule has 0 radical (unpaired) electrons. The van der Waals surface area contributed by atoms with Crippen LogP contribution in [0.3, 0.4) is 0 Å². The first kappa shape index (κ1) is 14.9. The molecular weight excluding hydrogens is 307 g/mol. The first-order valence-corrected chi connectivity index (χ1v) is 8.19. The number of hydrogen-bond donors (Lipinski definition) is 1. The molecule has 6 heteroatoms. The summed E-state index contributed by atoms with van der Waals surface area (Å²) in [7, 11) is 0. The van der Waals surface area contributed by atoms with Crippen molar-refractivity contribution in [1.82, 2.24) is 19.4 Å². The van der Waals surface area contributed by atoms with Crippen molar-refractivity contribution in [2.24, 2.45) is 0 Å². The molecule has 1 saturated heterocycles. The number of rotatable bonds is 2. The van der Waals surface area contributed by atoms with Gasteiger partial charge in [0.05, 0.1) is 6.04 Å². The molecule has 1 aliphatic rings. The predicted molar refractivity (Wildman–Crippen MR) is 89.4 cm³/mol. The van der Waals surface area contributed by atoms with Crippen LogP contribution in [-0.4, -0.2) is 38.4 Å². The Hall–Kier alpha value is -2.63. The Labute approximate surface area is 139 Å². The summed E-state index contributed by atoms with van der Waals surface area (Å²) in [6, 6.07) is 6.68. The SMILES string of the molecule is Cc1nccn1[C@H]1CCCN(C(=O)c2cc3c(F)cccc3[nH]2)C1. The van der Waals surface area contributed by atoms with Crippen molar-refractivity contribution < 1.29 is 9.18 Å². The van der Waals surface area contributed by atoms with E-state index in [0.29, 0.717) is 23.1 Å². The number of nitrogens with one attached hydrogen (secondary N) is 1. The fourth-order valence-corrected chi connectivity index (χ4v) is 3.54. The van der Waals surface area contributed by atoms with Crippen molar-refractivity contribution in [3.05, 3.63) is 54.0 Å². The number of hydrogen-bond acceptors (Lipinski definition) is 2. The Bertz CT molecular complexity index is 897. The largest absolute Gasteiger partial charge is 0.350 e. The lowest BCUT2D eigenvalue weighted by molar-refractivity contribution is 0.0673. The van der Waals surface area contributed by atoms with Crippen LogP contribution in [0.2, 0.25) is 0 Å². The summed E-state index contributed by atoms with van der Waals surface area (Å²) in [6.45, 7) is 3.34. The van der Waals surface area contributed by atoms with Gasteiger partial charge in [0.2, 0.25) is 0 Å². The fraction of sp³-hybridized carbons (Fsp3) is 0.333. The molecule has 1 fully saturated rings. The Morgan fingerprint density at radius 2 is 2.29 bits per heavy atom. The van der Waals surface area contributed by atoms with E-state index in [1.807, 2.05) is 18.0 Å². The van der Waals surface area contributed by atoms with Crippen LogP contribution in [0.1, 0.15) is 35.2 Å². The van der Waals surface area contributed by atoms with E-state index in [9.17, 15) is 9.18 Å². The number of aryl methyl sites for hydroxylation is 1. The maximum Gasteiger partial charge on any atom is 0.270 e. The van der Waals surface area contributed by atoms with E-state index in [1.54, 1.807) is 24.4 Å². The van der Waals surface area contributed by atoms with E-state index in [1.165, 1.54) is 6.07 Å². The molecular formula is C18H19FN4O. The number of carbonyl (C=O) groups is 1. The van der Waals surface area contributed by atoms with Gasteiger partial charge in [-0.3, -0.25) is 4.79 Å². The van der Waals surface area contributed by atoms with Gasteiger partial charge in [-0.25, -0.2) is 9.37 Å². The molecule has 0 aliphatic carbocycles.